The Kier molecular flexibility index (Phi) is 13.0. The van der Waals surface area contributed by atoms with Crippen LogP contribution in [0.3, 0.4) is 0 Å². The van der Waals surface area contributed by atoms with E-state index in [1.807, 2.05) is 0 Å². The fourth-order valence-electron chi connectivity index (χ4n) is 11.7. The third kappa shape index (κ3) is 9.27. The molecule has 0 aliphatic rings. The van der Waals surface area contributed by atoms with Gasteiger partial charge in [-0.05, 0) is 191 Å². The molecule has 0 saturated heterocycles. The van der Waals surface area contributed by atoms with Gasteiger partial charge in [-0.25, -0.2) is 0 Å². The van der Waals surface area contributed by atoms with Crippen molar-refractivity contribution in [3.63, 3.8) is 0 Å². The Labute approximate surface area is 453 Å². The van der Waals surface area contributed by atoms with Gasteiger partial charge in [0.2, 0.25) is 0 Å². The summed E-state index contributed by atoms with van der Waals surface area (Å²) in [6.07, 6.45) is 0. The minimum absolute atomic E-state index is 1.04. The van der Waals surface area contributed by atoms with E-state index >= 15 is 0 Å². The number of fused-ring (bicyclic) bond motifs is 3. The average molecular weight is 996 g/mol. The summed E-state index contributed by atoms with van der Waals surface area (Å²) < 4.78 is 2.49. The van der Waals surface area contributed by atoms with E-state index in [1.54, 1.807) is 0 Å². The van der Waals surface area contributed by atoms with Gasteiger partial charge in [0, 0.05) is 56.3 Å². The molecule has 0 atom stereocenters. The van der Waals surface area contributed by atoms with Gasteiger partial charge in [-0.1, -0.05) is 145 Å². The molecule has 0 spiro atoms. The van der Waals surface area contributed by atoms with Crippen LogP contribution in [0.1, 0.15) is 33.4 Å². The lowest BCUT2D eigenvalue weighted by Gasteiger charge is -2.33. The highest BCUT2D eigenvalue weighted by molar-refractivity contribution is 6.12. The van der Waals surface area contributed by atoms with E-state index in [4.69, 9.17) is 0 Å². The molecule has 12 rings (SSSR count). The molecule has 0 radical (unpaired) electrons. The van der Waals surface area contributed by atoms with E-state index in [0.29, 0.717) is 0 Å². The second-order valence-corrected chi connectivity index (χ2v) is 20.3. The first-order valence-electron chi connectivity index (χ1n) is 26.6. The zero-order valence-corrected chi connectivity index (χ0v) is 44.6. The van der Waals surface area contributed by atoms with Crippen molar-refractivity contribution in [1.29, 1.82) is 0 Å². The van der Waals surface area contributed by atoms with Gasteiger partial charge in [0.05, 0.1) is 39.5 Å². The zero-order chi connectivity index (χ0) is 52.6. The van der Waals surface area contributed by atoms with E-state index in [0.717, 1.165) is 84.4 Å². The lowest BCUT2D eigenvalue weighted by molar-refractivity contribution is 1.14. The molecule has 0 fully saturated rings. The van der Waals surface area contributed by atoms with Crippen LogP contribution in [0, 0.1) is 41.5 Å². The fourth-order valence-corrected chi connectivity index (χ4v) is 11.7. The molecular formula is C72H61N5. The summed E-state index contributed by atoms with van der Waals surface area (Å²) in [7, 11) is 0. The third-order valence-corrected chi connectivity index (χ3v) is 14.7. The summed E-state index contributed by atoms with van der Waals surface area (Å²) in [4.78, 5) is 9.65. The van der Waals surface area contributed by atoms with Gasteiger partial charge in [0.25, 0.3) is 0 Å². The van der Waals surface area contributed by atoms with E-state index in [2.05, 4.69) is 327 Å². The molecule has 5 heteroatoms. The Morgan fingerprint density at radius 3 is 0.792 bits per heavy atom. The van der Waals surface area contributed by atoms with E-state index in [1.165, 1.54) is 44.8 Å². The van der Waals surface area contributed by atoms with Gasteiger partial charge >= 0.3 is 0 Å². The molecular weight excluding hydrogens is 935 g/mol. The maximum atomic E-state index is 2.49. The summed E-state index contributed by atoms with van der Waals surface area (Å²) >= 11 is 0. The van der Waals surface area contributed by atoms with Crippen molar-refractivity contribution in [2.24, 2.45) is 0 Å². The summed E-state index contributed by atoms with van der Waals surface area (Å²) in [5, 5.41) is 2.28. The first kappa shape index (κ1) is 48.4. The first-order chi connectivity index (χ1) is 37.7. The van der Waals surface area contributed by atoms with Crippen LogP contribution in [0.5, 0.6) is 0 Å². The summed E-state index contributed by atoms with van der Waals surface area (Å²) in [5.41, 5.74) is 23.6. The van der Waals surface area contributed by atoms with Crippen LogP contribution >= 0.6 is 0 Å². The molecule has 0 bridgehead atoms. The van der Waals surface area contributed by atoms with Crippen molar-refractivity contribution in [1.82, 2.24) is 4.57 Å². The van der Waals surface area contributed by atoms with Crippen LogP contribution in [-0.2, 0) is 0 Å². The number of rotatable bonds is 13. The molecule has 0 N–H and O–H groups in total. The van der Waals surface area contributed by atoms with Crippen LogP contribution in [-0.4, -0.2) is 4.57 Å². The third-order valence-electron chi connectivity index (χ3n) is 14.7. The number of benzene rings is 11. The number of aromatic nitrogens is 1. The highest BCUT2D eigenvalue weighted by atomic mass is 15.2. The van der Waals surface area contributed by atoms with Gasteiger partial charge in [-0.3, -0.25) is 0 Å². The molecule has 0 saturated carbocycles. The Bertz CT molecular complexity index is 3660. The Hall–Kier alpha value is -9.58. The predicted molar refractivity (Wildman–Crippen MR) is 328 cm³/mol. The van der Waals surface area contributed by atoms with Gasteiger partial charge in [-0.15, -0.1) is 0 Å². The van der Waals surface area contributed by atoms with Crippen LogP contribution in [0.2, 0.25) is 0 Å². The van der Waals surface area contributed by atoms with Crippen molar-refractivity contribution < 1.29 is 0 Å². The first-order valence-corrected chi connectivity index (χ1v) is 26.6. The highest BCUT2D eigenvalue weighted by Gasteiger charge is 2.26. The maximum Gasteiger partial charge on any atom is 0.0542 e. The Morgan fingerprint density at radius 2 is 0.506 bits per heavy atom. The lowest BCUT2D eigenvalue weighted by atomic mass is 10.0. The van der Waals surface area contributed by atoms with Crippen molar-refractivity contribution >= 4 is 90.1 Å². The van der Waals surface area contributed by atoms with Crippen molar-refractivity contribution in [2.75, 3.05) is 19.6 Å². The van der Waals surface area contributed by atoms with Gasteiger partial charge < -0.3 is 24.2 Å². The smallest absolute Gasteiger partial charge is 0.0542 e. The number of para-hydroxylation sites is 6. The van der Waals surface area contributed by atoms with Gasteiger partial charge in [-0.2, -0.15) is 0 Å². The fraction of sp³-hybridized carbons (Fsp3) is 0.0833. The molecule has 1 heterocycles. The maximum absolute atomic E-state index is 2.49. The molecule has 12 aromatic rings. The summed E-state index contributed by atoms with van der Waals surface area (Å²) in [6.45, 7) is 13.4. The van der Waals surface area contributed by atoms with E-state index < -0.39 is 0 Å². The van der Waals surface area contributed by atoms with Crippen molar-refractivity contribution in [2.45, 2.75) is 41.5 Å². The Morgan fingerprint density at radius 1 is 0.234 bits per heavy atom. The molecule has 1 aromatic heterocycles. The average Bonchev–Trinajstić information content (AvgIpc) is 3.82. The van der Waals surface area contributed by atoms with E-state index in [-0.39, 0.29) is 0 Å². The Balaban J connectivity index is 1.19. The monoisotopic (exact) mass is 995 g/mol. The van der Waals surface area contributed by atoms with Crippen LogP contribution < -0.4 is 19.6 Å². The van der Waals surface area contributed by atoms with E-state index in [9.17, 15) is 0 Å². The largest absolute Gasteiger partial charge is 0.310 e. The number of hydrogen-bond donors (Lipinski definition) is 0. The van der Waals surface area contributed by atoms with Crippen LogP contribution in [0.15, 0.2) is 261 Å². The number of hydrogen-bond acceptors (Lipinski definition) is 4. The molecule has 77 heavy (non-hydrogen) atoms. The number of nitrogens with zero attached hydrogens (tertiary/aromatic N) is 5. The normalized spacial score (nSPS) is 11.2. The molecule has 11 aromatic carbocycles. The summed E-state index contributed by atoms with van der Waals surface area (Å²) in [6, 6.07) is 94.9. The molecule has 374 valence electrons. The van der Waals surface area contributed by atoms with Crippen molar-refractivity contribution in [3.8, 4) is 5.69 Å². The van der Waals surface area contributed by atoms with Gasteiger partial charge in [0.15, 0.2) is 0 Å². The highest BCUT2D eigenvalue weighted by Crippen LogP contribution is 2.48. The molecule has 0 aliphatic carbocycles. The summed E-state index contributed by atoms with van der Waals surface area (Å²) in [5.74, 6) is 0. The molecule has 0 aliphatic heterocycles. The minimum atomic E-state index is 1.04. The van der Waals surface area contributed by atoms with Crippen molar-refractivity contribution in [3.05, 3.63) is 294 Å². The zero-order valence-electron chi connectivity index (χ0n) is 44.6. The second kappa shape index (κ2) is 20.6. The second-order valence-electron chi connectivity index (χ2n) is 20.3. The lowest BCUT2D eigenvalue weighted by Crippen LogP contribution is -2.17. The predicted octanol–water partition coefficient (Wildman–Crippen LogP) is 20.5. The number of aryl methyl sites for hydroxylation is 6. The SMILES string of the molecule is Cc1cc(C)c(N(c2ccccc2)c2cc(N(c3ccccc3)c3c(C)cc(C)cc3C)cc(-n3c4ccc(N(c5ccccc5)c5ccccc5)cc4c4cc(N(c5ccccc5)c5ccccc5)ccc43)c2)c(C)c1. The minimum Gasteiger partial charge on any atom is -0.310 e. The molecule has 0 amide bonds. The molecule has 5 nitrogen and oxygen atoms in total. The number of anilines is 12. The standard InChI is InChI=1S/C72H61N5/c1-50-41-52(3)71(53(4)42-50)75(60-33-21-11-22-34-60)64-45-65(76(61-35-23-12-24-36-61)72-54(5)43-51(2)44-55(72)6)47-66(46-64)77-69-39-37-62(73(56-25-13-7-14-26-56)57-27-15-8-16-28-57)48-67(69)68-49-63(38-40-70(68)77)74(58-29-17-9-18-30-58)59-31-19-10-20-32-59/h7-49H,1-6H3. The van der Waals surface area contributed by atoms with Crippen LogP contribution in [0.4, 0.5) is 68.2 Å². The van der Waals surface area contributed by atoms with Gasteiger partial charge in [0.1, 0.15) is 0 Å². The molecule has 0 unspecified atom stereocenters. The topological polar surface area (TPSA) is 17.9 Å². The van der Waals surface area contributed by atoms with Crippen LogP contribution in [0.25, 0.3) is 27.5 Å². The quantitative estimate of drug-likeness (QED) is 0.114.